The van der Waals surface area contributed by atoms with Gasteiger partial charge >= 0.3 is 0 Å². The monoisotopic (exact) mass is 302 g/mol. The van der Waals surface area contributed by atoms with Crippen LogP contribution in [0.2, 0.25) is 0 Å². The second-order valence-electron chi connectivity index (χ2n) is 6.86. The van der Waals surface area contributed by atoms with Crippen molar-refractivity contribution in [2.24, 2.45) is 5.92 Å². The van der Waals surface area contributed by atoms with Crippen LogP contribution < -0.4 is 5.32 Å². The lowest BCUT2D eigenvalue weighted by Crippen LogP contribution is -2.36. The van der Waals surface area contributed by atoms with Crippen LogP contribution in [-0.2, 0) is 11.2 Å². The number of amides is 1. The third kappa shape index (κ3) is 5.45. The van der Waals surface area contributed by atoms with E-state index >= 15 is 0 Å². The Morgan fingerprint density at radius 1 is 1.36 bits per heavy atom. The van der Waals surface area contributed by atoms with Crippen molar-refractivity contribution in [2.45, 2.75) is 46.5 Å². The van der Waals surface area contributed by atoms with E-state index in [0.717, 1.165) is 31.0 Å². The van der Waals surface area contributed by atoms with Crippen LogP contribution in [0, 0.1) is 19.8 Å². The van der Waals surface area contributed by atoms with Gasteiger partial charge in [0.2, 0.25) is 5.91 Å². The van der Waals surface area contributed by atoms with E-state index in [1.165, 1.54) is 37.1 Å². The van der Waals surface area contributed by atoms with Gasteiger partial charge in [0, 0.05) is 13.1 Å². The number of piperidine rings is 1. The van der Waals surface area contributed by atoms with Gasteiger partial charge in [-0.15, -0.1) is 0 Å². The summed E-state index contributed by atoms with van der Waals surface area (Å²) in [5.74, 6) is 0.965. The summed E-state index contributed by atoms with van der Waals surface area (Å²) >= 11 is 0. The average Bonchev–Trinajstić information content (AvgIpc) is 2.47. The smallest absolute Gasteiger partial charge is 0.224 e. The van der Waals surface area contributed by atoms with E-state index in [1.807, 2.05) is 0 Å². The number of aryl methyl sites for hydroxylation is 2. The molecule has 1 aliphatic heterocycles. The van der Waals surface area contributed by atoms with Crippen molar-refractivity contribution < 1.29 is 4.79 Å². The molecule has 0 bridgehead atoms. The predicted molar refractivity (Wildman–Crippen MR) is 92.1 cm³/mol. The van der Waals surface area contributed by atoms with Crippen LogP contribution in [-0.4, -0.2) is 37.0 Å². The molecule has 1 amide bonds. The fraction of sp³-hybridized carbons (Fsp3) is 0.632. The van der Waals surface area contributed by atoms with Crippen molar-refractivity contribution in [3.63, 3.8) is 0 Å². The van der Waals surface area contributed by atoms with Gasteiger partial charge in [-0.1, -0.05) is 30.7 Å². The maximum absolute atomic E-state index is 12.0. The zero-order chi connectivity index (χ0) is 15.9. The first-order chi connectivity index (χ1) is 10.5. The first kappa shape index (κ1) is 17.0. The first-order valence-corrected chi connectivity index (χ1v) is 8.60. The predicted octanol–water partition coefficient (Wildman–Crippen LogP) is 3.08. The van der Waals surface area contributed by atoms with Gasteiger partial charge in [0.1, 0.15) is 0 Å². The molecule has 0 spiro atoms. The molecule has 0 unspecified atom stereocenters. The van der Waals surface area contributed by atoms with Gasteiger partial charge in [-0.3, -0.25) is 4.79 Å². The molecule has 1 aliphatic rings. The topological polar surface area (TPSA) is 32.3 Å². The lowest BCUT2D eigenvalue weighted by atomic mass is 10.0. The Labute approximate surface area is 135 Å². The molecule has 1 N–H and O–H groups in total. The van der Waals surface area contributed by atoms with Gasteiger partial charge in [0.25, 0.3) is 0 Å². The summed E-state index contributed by atoms with van der Waals surface area (Å²) in [5.41, 5.74) is 3.59. The third-order valence-corrected chi connectivity index (χ3v) is 4.56. The molecule has 1 atom stereocenters. The largest absolute Gasteiger partial charge is 0.356 e. The van der Waals surface area contributed by atoms with Gasteiger partial charge < -0.3 is 10.2 Å². The van der Waals surface area contributed by atoms with Gasteiger partial charge in [0.15, 0.2) is 0 Å². The van der Waals surface area contributed by atoms with E-state index in [4.69, 9.17) is 0 Å². The number of rotatable bonds is 6. The molecular formula is C19H30N2O. The van der Waals surface area contributed by atoms with Gasteiger partial charge in [-0.2, -0.15) is 0 Å². The average molecular weight is 302 g/mol. The van der Waals surface area contributed by atoms with Crippen LogP contribution in [0.5, 0.6) is 0 Å². The van der Waals surface area contributed by atoms with Crippen LogP contribution in [0.25, 0.3) is 0 Å². The van der Waals surface area contributed by atoms with Crippen molar-refractivity contribution in [2.75, 3.05) is 26.2 Å². The molecule has 122 valence electrons. The number of hydrogen-bond donors (Lipinski definition) is 1. The minimum Gasteiger partial charge on any atom is -0.356 e. The Hall–Kier alpha value is -1.35. The van der Waals surface area contributed by atoms with E-state index in [9.17, 15) is 4.79 Å². The molecule has 0 aliphatic carbocycles. The Balaban J connectivity index is 1.65. The van der Waals surface area contributed by atoms with E-state index in [1.54, 1.807) is 0 Å². The third-order valence-electron chi connectivity index (χ3n) is 4.56. The minimum absolute atomic E-state index is 0.138. The number of benzene rings is 1. The molecule has 1 fully saturated rings. The summed E-state index contributed by atoms with van der Waals surface area (Å²) in [6.45, 7) is 10.8. The molecule has 1 saturated heterocycles. The summed E-state index contributed by atoms with van der Waals surface area (Å²) in [4.78, 5) is 14.6. The van der Waals surface area contributed by atoms with Crippen molar-refractivity contribution in [1.29, 1.82) is 0 Å². The molecule has 22 heavy (non-hydrogen) atoms. The van der Waals surface area contributed by atoms with E-state index in [0.29, 0.717) is 6.42 Å². The number of carbonyl (C=O) groups is 1. The summed E-state index contributed by atoms with van der Waals surface area (Å²) in [6, 6.07) is 6.28. The molecular weight excluding hydrogens is 272 g/mol. The second kappa shape index (κ2) is 8.33. The van der Waals surface area contributed by atoms with Gasteiger partial charge in [-0.05, 0) is 63.2 Å². The molecule has 1 aromatic carbocycles. The Kier molecular flexibility index (Phi) is 6.44. The highest BCUT2D eigenvalue weighted by atomic mass is 16.1. The number of nitrogens with one attached hydrogen (secondary N) is 1. The van der Waals surface area contributed by atoms with Crippen molar-refractivity contribution in [3.05, 3.63) is 34.9 Å². The van der Waals surface area contributed by atoms with Crippen LogP contribution in [0.3, 0.4) is 0 Å². The zero-order valence-electron chi connectivity index (χ0n) is 14.3. The van der Waals surface area contributed by atoms with Crippen LogP contribution >= 0.6 is 0 Å². The zero-order valence-corrected chi connectivity index (χ0v) is 14.3. The molecule has 0 saturated carbocycles. The lowest BCUT2D eigenvalue weighted by Gasteiger charge is -2.30. The number of likely N-dealkylation sites (tertiary alicyclic amines) is 1. The molecule has 3 heteroatoms. The molecule has 2 rings (SSSR count). The van der Waals surface area contributed by atoms with E-state index < -0.39 is 0 Å². The fourth-order valence-corrected chi connectivity index (χ4v) is 3.30. The molecule has 0 aromatic heterocycles. The first-order valence-electron chi connectivity index (χ1n) is 8.60. The van der Waals surface area contributed by atoms with Crippen LogP contribution in [0.4, 0.5) is 0 Å². The SMILES string of the molecule is Cc1ccc(CC(=O)NCCCN2CCC[C@@H](C)C2)c(C)c1. The second-order valence-corrected chi connectivity index (χ2v) is 6.86. The molecule has 0 radical (unpaired) electrons. The molecule has 1 heterocycles. The summed E-state index contributed by atoms with van der Waals surface area (Å²) in [6.07, 6.45) is 4.22. The number of carbonyl (C=O) groups excluding carboxylic acids is 1. The highest BCUT2D eigenvalue weighted by Gasteiger charge is 2.15. The standard InChI is InChI=1S/C19H30N2O/c1-15-7-8-18(17(3)12-15)13-19(22)20-9-5-11-21-10-4-6-16(2)14-21/h7-8,12,16H,4-6,9-11,13-14H2,1-3H3,(H,20,22)/t16-/m1/s1. The molecule has 3 nitrogen and oxygen atoms in total. The highest BCUT2D eigenvalue weighted by molar-refractivity contribution is 5.78. The van der Waals surface area contributed by atoms with Crippen LogP contribution in [0.1, 0.15) is 42.9 Å². The van der Waals surface area contributed by atoms with Crippen molar-refractivity contribution in [1.82, 2.24) is 10.2 Å². The quantitative estimate of drug-likeness (QED) is 0.819. The van der Waals surface area contributed by atoms with Gasteiger partial charge in [-0.25, -0.2) is 0 Å². The Morgan fingerprint density at radius 3 is 2.91 bits per heavy atom. The van der Waals surface area contributed by atoms with Crippen LogP contribution in [0.15, 0.2) is 18.2 Å². The Morgan fingerprint density at radius 2 is 2.18 bits per heavy atom. The molecule has 1 aromatic rings. The maximum atomic E-state index is 12.0. The Bertz CT molecular complexity index is 498. The lowest BCUT2D eigenvalue weighted by molar-refractivity contribution is -0.120. The fourth-order valence-electron chi connectivity index (χ4n) is 3.30. The summed E-state index contributed by atoms with van der Waals surface area (Å²) in [7, 11) is 0. The van der Waals surface area contributed by atoms with Crippen molar-refractivity contribution >= 4 is 5.91 Å². The normalized spacial score (nSPS) is 19.1. The maximum Gasteiger partial charge on any atom is 0.224 e. The van der Waals surface area contributed by atoms with E-state index in [2.05, 4.69) is 49.2 Å². The van der Waals surface area contributed by atoms with Crippen molar-refractivity contribution in [3.8, 4) is 0 Å². The summed E-state index contributed by atoms with van der Waals surface area (Å²) in [5, 5.41) is 3.06. The minimum atomic E-state index is 0.138. The van der Waals surface area contributed by atoms with Gasteiger partial charge in [0.05, 0.1) is 6.42 Å². The highest BCUT2D eigenvalue weighted by Crippen LogP contribution is 2.15. The van der Waals surface area contributed by atoms with E-state index in [-0.39, 0.29) is 5.91 Å². The number of nitrogens with zero attached hydrogens (tertiary/aromatic N) is 1. The number of hydrogen-bond acceptors (Lipinski definition) is 2. The summed E-state index contributed by atoms with van der Waals surface area (Å²) < 4.78 is 0.